The summed E-state index contributed by atoms with van der Waals surface area (Å²) in [6, 6.07) is 6.50. The average molecular weight is 256 g/mol. The van der Waals surface area contributed by atoms with E-state index < -0.39 is 5.54 Å². The predicted molar refractivity (Wildman–Crippen MR) is 69.5 cm³/mol. The third kappa shape index (κ3) is 4.11. The number of nitrogens with one attached hydrogen (secondary N) is 1. The minimum Gasteiger partial charge on any atom is -0.394 e. The van der Waals surface area contributed by atoms with Crippen molar-refractivity contribution < 1.29 is 9.90 Å². The van der Waals surface area contributed by atoms with Crippen LogP contribution < -0.4 is 5.32 Å². The third-order valence-corrected chi connectivity index (χ3v) is 2.74. The molecule has 94 valence electrons. The molecule has 0 amide bonds. The van der Waals surface area contributed by atoms with Gasteiger partial charge in [0.25, 0.3) is 0 Å². The molecule has 0 radical (unpaired) electrons. The van der Waals surface area contributed by atoms with Crippen molar-refractivity contribution >= 4 is 17.4 Å². The van der Waals surface area contributed by atoms with E-state index in [1.165, 1.54) is 0 Å². The molecule has 0 heterocycles. The van der Waals surface area contributed by atoms with E-state index in [4.69, 9.17) is 16.7 Å². The van der Waals surface area contributed by atoms with E-state index in [0.29, 0.717) is 10.6 Å². The Balaban J connectivity index is 2.77. The Hall–Kier alpha value is -0.900. The van der Waals surface area contributed by atoms with Gasteiger partial charge in [-0.3, -0.25) is 4.79 Å². The zero-order valence-electron chi connectivity index (χ0n) is 10.3. The van der Waals surface area contributed by atoms with E-state index in [2.05, 4.69) is 5.32 Å². The summed E-state index contributed by atoms with van der Waals surface area (Å²) in [5.41, 5.74) is 0.0967. The van der Waals surface area contributed by atoms with Crippen molar-refractivity contribution in [2.75, 3.05) is 6.61 Å². The molecule has 0 spiro atoms. The minimum absolute atomic E-state index is 0.0276. The lowest BCUT2D eigenvalue weighted by Gasteiger charge is -2.27. The van der Waals surface area contributed by atoms with Crippen LogP contribution in [0.3, 0.4) is 0 Å². The van der Waals surface area contributed by atoms with Crippen LogP contribution in [0.15, 0.2) is 24.3 Å². The maximum absolute atomic E-state index is 12.1. The van der Waals surface area contributed by atoms with Gasteiger partial charge >= 0.3 is 0 Å². The molecule has 4 heteroatoms. The molecule has 0 fully saturated rings. The smallest absolute Gasteiger partial charge is 0.179 e. The topological polar surface area (TPSA) is 49.3 Å². The Kier molecular flexibility index (Phi) is 4.69. The van der Waals surface area contributed by atoms with Gasteiger partial charge in [0.05, 0.1) is 12.6 Å². The quantitative estimate of drug-likeness (QED) is 0.794. The van der Waals surface area contributed by atoms with Crippen LogP contribution >= 0.6 is 11.6 Å². The van der Waals surface area contributed by atoms with Crippen molar-refractivity contribution in [1.29, 1.82) is 0 Å². The molecule has 1 aromatic carbocycles. The number of aliphatic hydroxyl groups excluding tert-OH is 1. The van der Waals surface area contributed by atoms with Gasteiger partial charge in [-0.05, 0) is 32.9 Å². The molecular weight excluding hydrogens is 238 g/mol. The number of Topliss-reactive ketones (excluding diaryl/α,β-unsaturated/α-hetero) is 1. The van der Waals surface area contributed by atoms with Crippen LogP contribution in [0.4, 0.5) is 0 Å². The Morgan fingerprint density at radius 3 is 2.71 bits per heavy atom. The monoisotopic (exact) mass is 255 g/mol. The lowest BCUT2D eigenvalue weighted by Crippen LogP contribution is -2.50. The molecule has 1 aromatic rings. The maximum Gasteiger partial charge on any atom is 0.179 e. The molecule has 1 atom stereocenters. The molecule has 2 N–H and O–H groups in total. The molecule has 0 aliphatic rings. The number of aliphatic hydroxyl groups is 1. The average Bonchev–Trinajstić information content (AvgIpc) is 2.27. The van der Waals surface area contributed by atoms with E-state index in [9.17, 15) is 4.79 Å². The second kappa shape index (κ2) is 5.63. The van der Waals surface area contributed by atoms with Crippen LogP contribution in [0, 0.1) is 0 Å². The van der Waals surface area contributed by atoms with Crippen molar-refractivity contribution in [1.82, 2.24) is 5.32 Å². The summed E-state index contributed by atoms with van der Waals surface area (Å²) in [5, 5.41) is 12.8. The van der Waals surface area contributed by atoms with Crippen molar-refractivity contribution in [3.8, 4) is 0 Å². The first-order chi connectivity index (χ1) is 7.85. The Morgan fingerprint density at radius 1 is 1.53 bits per heavy atom. The molecule has 0 unspecified atom stereocenters. The first-order valence-corrected chi connectivity index (χ1v) is 5.92. The van der Waals surface area contributed by atoms with Crippen LogP contribution in [-0.4, -0.2) is 29.1 Å². The highest BCUT2D eigenvalue weighted by Gasteiger charge is 2.23. The van der Waals surface area contributed by atoms with E-state index in [-0.39, 0.29) is 18.4 Å². The zero-order chi connectivity index (χ0) is 13.1. The van der Waals surface area contributed by atoms with Gasteiger partial charge in [-0.2, -0.15) is 0 Å². The molecule has 0 saturated carbocycles. The number of hydrogen-bond donors (Lipinski definition) is 2. The number of ketones is 1. The van der Waals surface area contributed by atoms with Gasteiger partial charge in [-0.25, -0.2) is 0 Å². The van der Waals surface area contributed by atoms with Gasteiger partial charge in [0.1, 0.15) is 0 Å². The first-order valence-electron chi connectivity index (χ1n) is 5.54. The fourth-order valence-electron chi connectivity index (χ4n) is 1.59. The second-order valence-electron chi connectivity index (χ2n) is 4.78. The summed E-state index contributed by atoms with van der Waals surface area (Å²) in [5.74, 6) is -0.0333. The maximum atomic E-state index is 12.1. The highest BCUT2D eigenvalue weighted by Crippen LogP contribution is 2.13. The number of benzene rings is 1. The van der Waals surface area contributed by atoms with E-state index >= 15 is 0 Å². The van der Waals surface area contributed by atoms with Crippen LogP contribution in [0.25, 0.3) is 0 Å². The van der Waals surface area contributed by atoms with Crippen molar-refractivity contribution in [3.63, 3.8) is 0 Å². The molecule has 0 aromatic heterocycles. The number of rotatable bonds is 5. The summed E-state index contributed by atoms with van der Waals surface area (Å²) in [7, 11) is 0. The van der Waals surface area contributed by atoms with Crippen molar-refractivity contribution in [2.24, 2.45) is 0 Å². The summed E-state index contributed by atoms with van der Waals surface area (Å²) < 4.78 is 0. The number of halogens is 1. The fraction of sp³-hybridized carbons (Fsp3) is 0.462. The summed E-state index contributed by atoms with van der Waals surface area (Å²) in [4.78, 5) is 12.1. The van der Waals surface area contributed by atoms with Gasteiger partial charge in [0.15, 0.2) is 5.78 Å². The molecule has 0 bridgehead atoms. The number of carbonyl (C=O) groups excluding carboxylic acids is 1. The van der Waals surface area contributed by atoms with E-state index in [1.807, 2.05) is 13.8 Å². The van der Waals surface area contributed by atoms with Crippen LogP contribution in [0.2, 0.25) is 5.02 Å². The van der Waals surface area contributed by atoms with Gasteiger partial charge < -0.3 is 10.4 Å². The largest absolute Gasteiger partial charge is 0.394 e. The first kappa shape index (κ1) is 14.2. The molecule has 0 aliphatic carbocycles. The Labute approximate surface area is 107 Å². The van der Waals surface area contributed by atoms with E-state index in [1.54, 1.807) is 31.2 Å². The predicted octanol–water partition coefficient (Wildman–Crippen LogP) is 2.27. The normalized spacial score (nSPS) is 13.5. The second-order valence-corrected chi connectivity index (χ2v) is 5.22. The van der Waals surface area contributed by atoms with Gasteiger partial charge in [0, 0.05) is 16.1 Å². The van der Waals surface area contributed by atoms with Crippen molar-refractivity contribution in [3.05, 3.63) is 34.9 Å². The van der Waals surface area contributed by atoms with Crippen LogP contribution in [0.1, 0.15) is 31.1 Å². The molecule has 1 rings (SSSR count). The summed E-state index contributed by atoms with van der Waals surface area (Å²) in [6.07, 6.45) is 0. The molecule has 0 saturated heterocycles. The minimum atomic E-state index is -0.479. The molecule has 0 aliphatic heterocycles. The van der Waals surface area contributed by atoms with E-state index in [0.717, 1.165) is 0 Å². The van der Waals surface area contributed by atoms with Gasteiger partial charge in [-0.15, -0.1) is 0 Å². The standard InChI is InChI=1S/C13H18ClNO2/c1-9(15-13(2,3)8-16)12(17)10-5-4-6-11(14)7-10/h4-7,9,15-16H,8H2,1-3H3/t9-/m1/s1. The van der Waals surface area contributed by atoms with Crippen molar-refractivity contribution in [2.45, 2.75) is 32.4 Å². The highest BCUT2D eigenvalue weighted by molar-refractivity contribution is 6.31. The van der Waals surface area contributed by atoms with Gasteiger partial charge in [-0.1, -0.05) is 23.7 Å². The summed E-state index contributed by atoms with van der Waals surface area (Å²) >= 11 is 5.84. The zero-order valence-corrected chi connectivity index (χ0v) is 11.1. The molecule has 17 heavy (non-hydrogen) atoms. The SMILES string of the molecule is C[C@@H](NC(C)(C)CO)C(=O)c1cccc(Cl)c1. The molecule has 3 nitrogen and oxygen atoms in total. The number of hydrogen-bond acceptors (Lipinski definition) is 3. The van der Waals surface area contributed by atoms with Crippen LogP contribution in [0.5, 0.6) is 0 Å². The Morgan fingerprint density at radius 2 is 2.18 bits per heavy atom. The van der Waals surface area contributed by atoms with Gasteiger partial charge in [0.2, 0.25) is 0 Å². The fourth-order valence-corrected chi connectivity index (χ4v) is 1.78. The Bertz CT molecular complexity index is 404. The lowest BCUT2D eigenvalue weighted by atomic mass is 10.0. The third-order valence-electron chi connectivity index (χ3n) is 2.50. The van der Waals surface area contributed by atoms with Crippen LogP contribution in [-0.2, 0) is 0 Å². The lowest BCUT2D eigenvalue weighted by molar-refractivity contribution is 0.0911. The molecular formula is C13H18ClNO2. The highest BCUT2D eigenvalue weighted by atomic mass is 35.5. The number of carbonyl (C=O) groups is 1. The summed E-state index contributed by atoms with van der Waals surface area (Å²) in [6.45, 7) is 5.43.